The molecule has 2 atom stereocenters. The highest BCUT2D eigenvalue weighted by Crippen LogP contribution is 2.22. The van der Waals surface area contributed by atoms with E-state index in [0.717, 1.165) is 19.3 Å². The standard InChI is InChI=1S/C15H29N3O/c1-12-6-5-9-14(10-16)18(12)11-15(19)17-13-7-3-2-4-8-13/h12-14H,2-11,16H2,1H3,(H,17,19). The summed E-state index contributed by atoms with van der Waals surface area (Å²) >= 11 is 0. The Morgan fingerprint density at radius 1 is 1.16 bits per heavy atom. The molecule has 0 aromatic carbocycles. The minimum Gasteiger partial charge on any atom is -0.352 e. The van der Waals surface area contributed by atoms with Crippen molar-refractivity contribution in [3.05, 3.63) is 0 Å². The number of nitrogens with two attached hydrogens (primary N) is 1. The van der Waals surface area contributed by atoms with E-state index in [0.29, 0.717) is 31.2 Å². The van der Waals surface area contributed by atoms with Crippen molar-refractivity contribution in [3.8, 4) is 0 Å². The number of piperidine rings is 1. The highest BCUT2D eigenvalue weighted by molar-refractivity contribution is 5.78. The molecule has 2 aliphatic rings. The SMILES string of the molecule is CC1CCCC(CN)N1CC(=O)NC1CCCCC1. The maximum Gasteiger partial charge on any atom is 0.234 e. The lowest BCUT2D eigenvalue weighted by Gasteiger charge is -2.40. The van der Waals surface area contributed by atoms with Gasteiger partial charge in [-0.05, 0) is 32.6 Å². The van der Waals surface area contributed by atoms with Crippen LogP contribution in [0.5, 0.6) is 0 Å². The van der Waals surface area contributed by atoms with Crippen LogP contribution in [-0.4, -0.2) is 42.0 Å². The lowest BCUT2D eigenvalue weighted by molar-refractivity contribution is -0.124. The highest BCUT2D eigenvalue weighted by Gasteiger charge is 2.29. The molecule has 1 heterocycles. The normalized spacial score (nSPS) is 30.2. The summed E-state index contributed by atoms with van der Waals surface area (Å²) in [5.41, 5.74) is 5.84. The van der Waals surface area contributed by atoms with Gasteiger partial charge in [0.25, 0.3) is 0 Å². The van der Waals surface area contributed by atoms with Gasteiger partial charge in [0.1, 0.15) is 0 Å². The van der Waals surface area contributed by atoms with Crippen molar-refractivity contribution in [2.45, 2.75) is 76.4 Å². The molecule has 19 heavy (non-hydrogen) atoms. The summed E-state index contributed by atoms with van der Waals surface area (Å²) in [6.07, 6.45) is 9.72. The van der Waals surface area contributed by atoms with Crippen LogP contribution in [0, 0.1) is 0 Å². The van der Waals surface area contributed by atoms with Gasteiger partial charge in [-0.3, -0.25) is 9.69 Å². The van der Waals surface area contributed by atoms with E-state index in [1.807, 2.05) is 0 Å². The van der Waals surface area contributed by atoms with E-state index in [1.165, 1.54) is 32.1 Å². The van der Waals surface area contributed by atoms with Crippen LogP contribution in [0.1, 0.15) is 58.3 Å². The van der Waals surface area contributed by atoms with Crippen LogP contribution in [-0.2, 0) is 4.79 Å². The van der Waals surface area contributed by atoms with Gasteiger partial charge < -0.3 is 11.1 Å². The van der Waals surface area contributed by atoms with E-state index < -0.39 is 0 Å². The van der Waals surface area contributed by atoms with Crippen LogP contribution >= 0.6 is 0 Å². The van der Waals surface area contributed by atoms with E-state index in [2.05, 4.69) is 17.1 Å². The third kappa shape index (κ3) is 4.18. The second-order valence-corrected chi connectivity index (χ2v) is 6.24. The van der Waals surface area contributed by atoms with Crippen LogP contribution in [0.15, 0.2) is 0 Å². The van der Waals surface area contributed by atoms with Crippen molar-refractivity contribution < 1.29 is 4.79 Å². The first kappa shape index (κ1) is 14.8. The Morgan fingerprint density at radius 2 is 1.89 bits per heavy atom. The Hall–Kier alpha value is -0.610. The zero-order valence-electron chi connectivity index (χ0n) is 12.2. The first-order chi connectivity index (χ1) is 9.20. The minimum absolute atomic E-state index is 0.194. The molecule has 0 spiro atoms. The first-order valence-electron chi connectivity index (χ1n) is 7.96. The summed E-state index contributed by atoms with van der Waals surface area (Å²) in [4.78, 5) is 14.5. The lowest BCUT2D eigenvalue weighted by atomic mass is 9.95. The van der Waals surface area contributed by atoms with E-state index >= 15 is 0 Å². The molecule has 0 radical (unpaired) electrons. The Bertz CT molecular complexity index is 289. The molecule has 4 nitrogen and oxygen atoms in total. The van der Waals surface area contributed by atoms with Gasteiger partial charge in [0.2, 0.25) is 5.91 Å². The van der Waals surface area contributed by atoms with Gasteiger partial charge in [-0.2, -0.15) is 0 Å². The number of hydrogen-bond donors (Lipinski definition) is 2. The average molecular weight is 267 g/mol. The molecule has 3 N–H and O–H groups in total. The maximum atomic E-state index is 12.2. The number of amides is 1. The van der Waals surface area contributed by atoms with Crippen LogP contribution < -0.4 is 11.1 Å². The summed E-state index contributed by atoms with van der Waals surface area (Å²) < 4.78 is 0. The molecule has 2 unspecified atom stereocenters. The third-order valence-electron chi connectivity index (χ3n) is 4.76. The molecule has 1 aliphatic carbocycles. The van der Waals surface area contributed by atoms with Gasteiger partial charge >= 0.3 is 0 Å². The van der Waals surface area contributed by atoms with Crippen molar-refractivity contribution in [1.82, 2.24) is 10.2 Å². The van der Waals surface area contributed by atoms with E-state index in [4.69, 9.17) is 5.73 Å². The monoisotopic (exact) mass is 267 g/mol. The molecule has 0 bridgehead atoms. The van der Waals surface area contributed by atoms with Crippen molar-refractivity contribution in [1.29, 1.82) is 0 Å². The molecule has 2 fully saturated rings. The van der Waals surface area contributed by atoms with E-state index in [1.54, 1.807) is 0 Å². The zero-order chi connectivity index (χ0) is 13.7. The molecular weight excluding hydrogens is 238 g/mol. The van der Waals surface area contributed by atoms with Crippen molar-refractivity contribution in [2.75, 3.05) is 13.1 Å². The number of nitrogens with zero attached hydrogens (tertiary/aromatic N) is 1. The van der Waals surface area contributed by atoms with Gasteiger partial charge in [0.15, 0.2) is 0 Å². The Morgan fingerprint density at radius 3 is 2.58 bits per heavy atom. The largest absolute Gasteiger partial charge is 0.352 e. The zero-order valence-corrected chi connectivity index (χ0v) is 12.2. The summed E-state index contributed by atoms with van der Waals surface area (Å²) in [5, 5.41) is 3.21. The number of nitrogens with one attached hydrogen (secondary N) is 1. The molecule has 0 aromatic heterocycles. The van der Waals surface area contributed by atoms with Crippen LogP contribution in [0.3, 0.4) is 0 Å². The predicted molar refractivity (Wildman–Crippen MR) is 77.9 cm³/mol. The van der Waals surface area contributed by atoms with Gasteiger partial charge in [-0.1, -0.05) is 25.7 Å². The summed E-state index contributed by atoms with van der Waals surface area (Å²) in [7, 11) is 0. The lowest BCUT2D eigenvalue weighted by Crippen LogP contribution is -2.53. The number of likely N-dealkylation sites (tertiary alicyclic amines) is 1. The van der Waals surface area contributed by atoms with Crippen molar-refractivity contribution in [3.63, 3.8) is 0 Å². The first-order valence-corrected chi connectivity index (χ1v) is 7.96. The maximum absolute atomic E-state index is 12.2. The number of carbonyl (C=O) groups excluding carboxylic acids is 1. The third-order valence-corrected chi connectivity index (χ3v) is 4.76. The highest BCUT2D eigenvalue weighted by atomic mass is 16.2. The predicted octanol–water partition coefficient (Wildman–Crippen LogP) is 1.64. The summed E-state index contributed by atoms with van der Waals surface area (Å²) in [6, 6.07) is 1.29. The molecule has 1 saturated carbocycles. The van der Waals surface area contributed by atoms with Gasteiger partial charge in [0.05, 0.1) is 6.54 Å². The van der Waals surface area contributed by atoms with Crippen molar-refractivity contribution in [2.24, 2.45) is 5.73 Å². The topological polar surface area (TPSA) is 58.4 Å². The second kappa shape index (κ2) is 7.25. The van der Waals surface area contributed by atoms with Crippen LogP contribution in [0.25, 0.3) is 0 Å². The summed E-state index contributed by atoms with van der Waals surface area (Å²) in [6.45, 7) is 3.41. The quantitative estimate of drug-likeness (QED) is 0.814. The van der Waals surface area contributed by atoms with Gasteiger partial charge in [-0.25, -0.2) is 0 Å². The van der Waals surface area contributed by atoms with Crippen LogP contribution in [0.2, 0.25) is 0 Å². The molecule has 2 rings (SSSR count). The molecule has 1 aliphatic heterocycles. The number of carbonyl (C=O) groups is 1. The van der Waals surface area contributed by atoms with Crippen LogP contribution in [0.4, 0.5) is 0 Å². The fourth-order valence-electron chi connectivity index (χ4n) is 3.56. The molecule has 0 aromatic rings. The minimum atomic E-state index is 0.194. The van der Waals surface area contributed by atoms with Crippen molar-refractivity contribution >= 4 is 5.91 Å². The molecule has 4 heteroatoms. The fourth-order valence-corrected chi connectivity index (χ4v) is 3.56. The molecule has 110 valence electrons. The average Bonchev–Trinajstić information content (AvgIpc) is 2.42. The second-order valence-electron chi connectivity index (χ2n) is 6.24. The number of rotatable bonds is 4. The molecular formula is C15H29N3O. The molecule has 1 saturated heterocycles. The molecule has 1 amide bonds. The van der Waals surface area contributed by atoms with Gasteiger partial charge in [0, 0.05) is 24.7 Å². The number of hydrogen-bond acceptors (Lipinski definition) is 3. The Kier molecular flexibility index (Phi) is 5.64. The Balaban J connectivity index is 1.82. The van der Waals surface area contributed by atoms with E-state index in [9.17, 15) is 4.79 Å². The Labute approximate surface area is 117 Å². The van der Waals surface area contributed by atoms with E-state index in [-0.39, 0.29) is 5.91 Å². The van der Waals surface area contributed by atoms with Gasteiger partial charge in [-0.15, -0.1) is 0 Å². The fraction of sp³-hybridized carbons (Fsp3) is 0.933. The summed E-state index contributed by atoms with van der Waals surface area (Å²) in [5.74, 6) is 0.194. The smallest absolute Gasteiger partial charge is 0.234 e.